The summed E-state index contributed by atoms with van der Waals surface area (Å²) in [6.45, 7) is 1.74. The molecule has 0 bridgehead atoms. The summed E-state index contributed by atoms with van der Waals surface area (Å²) >= 11 is 0. The Morgan fingerprint density at radius 2 is 1.70 bits per heavy atom. The average Bonchev–Trinajstić information content (AvgIpc) is 2.54. The molecule has 3 rings (SSSR count). The standard InChI is InChI=1S/C19H16NO2.BrH/c1-14(21)16-8-5-11-20(12-16)13-19(22)18-10-4-7-15-6-2-3-9-17(15)18;/h2-12H,13H2,1H3;1H/q+1;. The SMILES string of the molecule is Br.CC(=O)c1ccc[n+](CC(=O)c2cccc3ccccc23)c1. The van der Waals surface area contributed by atoms with Gasteiger partial charge >= 0.3 is 0 Å². The fourth-order valence-corrected chi connectivity index (χ4v) is 2.55. The minimum atomic E-state index is -0.00744. The van der Waals surface area contributed by atoms with E-state index in [1.807, 2.05) is 42.5 Å². The molecule has 0 spiro atoms. The van der Waals surface area contributed by atoms with Gasteiger partial charge in [0.15, 0.2) is 18.2 Å². The summed E-state index contributed by atoms with van der Waals surface area (Å²) in [6, 6.07) is 17.1. The van der Waals surface area contributed by atoms with Crippen molar-refractivity contribution in [1.29, 1.82) is 0 Å². The van der Waals surface area contributed by atoms with E-state index >= 15 is 0 Å². The van der Waals surface area contributed by atoms with Crippen molar-refractivity contribution >= 4 is 39.3 Å². The number of halogens is 1. The zero-order valence-electron chi connectivity index (χ0n) is 12.7. The zero-order chi connectivity index (χ0) is 15.5. The number of rotatable bonds is 4. The number of fused-ring (bicyclic) bond motifs is 1. The molecule has 0 N–H and O–H groups in total. The highest BCUT2D eigenvalue weighted by atomic mass is 79.9. The minimum absolute atomic E-state index is 0. The summed E-state index contributed by atoms with van der Waals surface area (Å²) in [5.41, 5.74) is 1.31. The van der Waals surface area contributed by atoms with Crippen LogP contribution in [0.2, 0.25) is 0 Å². The topological polar surface area (TPSA) is 38.0 Å². The number of ketones is 2. The maximum Gasteiger partial charge on any atom is 0.228 e. The third kappa shape index (κ3) is 3.71. The van der Waals surface area contributed by atoms with Gasteiger partial charge in [-0.05, 0) is 23.8 Å². The van der Waals surface area contributed by atoms with Crippen molar-refractivity contribution < 1.29 is 14.2 Å². The van der Waals surface area contributed by atoms with E-state index in [4.69, 9.17) is 0 Å². The van der Waals surface area contributed by atoms with Crippen LogP contribution in [0, 0.1) is 0 Å². The van der Waals surface area contributed by atoms with E-state index in [0.29, 0.717) is 11.1 Å². The second-order valence-corrected chi connectivity index (χ2v) is 5.27. The van der Waals surface area contributed by atoms with Crippen molar-refractivity contribution in [2.45, 2.75) is 13.5 Å². The molecule has 0 aliphatic heterocycles. The van der Waals surface area contributed by atoms with Crippen LogP contribution in [0.1, 0.15) is 27.6 Å². The lowest BCUT2D eigenvalue weighted by atomic mass is 10.0. The molecule has 3 nitrogen and oxygen atoms in total. The van der Waals surface area contributed by atoms with Crippen LogP contribution < -0.4 is 4.57 Å². The summed E-state index contributed by atoms with van der Waals surface area (Å²) < 4.78 is 1.75. The van der Waals surface area contributed by atoms with Gasteiger partial charge in [-0.3, -0.25) is 9.59 Å². The number of Topliss-reactive ketones (excluding diaryl/α,β-unsaturated/α-hetero) is 2. The molecule has 0 saturated heterocycles. The Morgan fingerprint density at radius 3 is 2.48 bits per heavy atom. The van der Waals surface area contributed by atoms with Gasteiger partial charge < -0.3 is 0 Å². The van der Waals surface area contributed by atoms with E-state index in [-0.39, 0.29) is 35.1 Å². The third-order valence-electron chi connectivity index (χ3n) is 3.68. The molecule has 1 aromatic heterocycles. The molecule has 0 amide bonds. The first-order valence-corrected chi connectivity index (χ1v) is 7.16. The molecular formula is C19H17BrNO2+. The number of pyridine rings is 1. The van der Waals surface area contributed by atoms with Crippen LogP contribution in [0.15, 0.2) is 67.0 Å². The molecule has 0 radical (unpaired) electrons. The second-order valence-electron chi connectivity index (χ2n) is 5.27. The Balaban J connectivity index is 0.00000192. The third-order valence-corrected chi connectivity index (χ3v) is 3.68. The molecule has 0 saturated carbocycles. The number of benzene rings is 2. The quantitative estimate of drug-likeness (QED) is 0.517. The Hall–Kier alpha value is -2.33. The fraction of sp³-hybridized carbons (Fsp3) is 0.105. The average molecular weight is 371 g/mol. The lowest BCUT2D eigenvalue weighted by molar-refractivity contribution is -0.683. The molecule has 3 aromatic rings. The maximum atomic E-state index is 12.6. The lowest BCUT2D eigenvalue weighted by Gasteiger charge is -2.04. The number of carbonyl (C=O) groups is 2. The Kier molecular flexibility index (Phi) is 5.40. The van der Waals surface area contributed by atoms with Crippen LogP contribution >= 0.6 is 17.0 Å². The maximum absolute atomic E-state index is 12.6. The molecule has 0 unspecified atom stereocenters. The van der Waals surface area contributed by atoms with Crippen LogP contribution in [0.4, 0.5) is 0 Å². The van der Waals surface area contributed by atoms with E-state index in [1.54, 1.807) is 29.1 Å². The van der Waals surface area contributed by atoms with Crippen molar-refractivity contribution in [2.75, 3.05) is 0 Å². The monoisotopic (exact) mass is 370 g/mol. The molecule has 2 aromatic carbocycles. The summed E-state index contributed by atoms with van der Waals surface area (Å²) in [6.07, 6.45) is 3.51. The van der Waals surface area contributed by atoms with Crippen LogP contribution in [-0.4, -0.2) is 11.6 Å². The molecule has 4 heteroatoms. The molecule has 0 aliphatic rings. The van der Waals surface area contributed by atoms with Crippen LogP contribution in [0.5, 0.6) is 0 Å². The number of nitrogens with zero attached hydrogens (tertiary/aromatic N) is 1. The molecule has 116 valence electrons. The first-order chi connectivity index (χ1) is 10.6. The Bertz CT molecular complexity index is 869. The van der Waals surface area contributed by atoms with Gasteiger partial charge in [0.05, 0.1) is 5.56 Å². The molecule has 23 heavy (non-hydrogen) atoms. The van der Waals surface area contributed by atoms with Crippen molar-refractivity contribution in [3.05, 3.63) is 78.1 Å². The van der Waals surface area contributed by atoms with Gasteiger partial charge in [0.2, 0.25) is 12.3 Å². The summed E-state index contributed by atoms with van der Waals surface area (Å²) in [5.74, 6) is 0.0226. The number of carbonyl (C=O) groups excluding carboxylic acids is 2. The van der Waals surface area contributed by atoms with Gasteiger partial charge in [-0.1, -0.05) is 42.5 Å². The van der Waals surface area contributed by atoms with E-state index < -0.39 is 0 Å². The fourth-order valence-electron chi connectivity index (χ4n) is 2.55. The highest BCUT2D eigenvalue weighted by Gasteiger charge is 2.15. The second kappa shape index (κ2) is 7.29. The molecule has 1 heterocycles. The van der Waals surface area contributed by atoms with E-state index in [9.17, 15) is 9.59 Å². The van der Waals surface area contributed by atoms with Gasteiger partial charge in [-0.25, -0.2) is 0 Å². The minimum Gasteiger partial charge on any atom is -0.294 e. The normalized spacial score (nSPS) is 10.1. The first-order valence-electron chi connectivity index (χ1n) is 7.16. The predicted octanol–water partition coefficient (Wildman–Crippen LogP) is 3.79. The van der Waals surface area contributed by atoms with Crippen molar-refractivity contribution in [1.82, 2.24) is 0 Å². The lowest BCUT2D eigenvalue weighted by Crippen LogP contribution is -2.38. The zero-order valence-corrected chi connectivity index (χ0v) is 14.4. The van der Waals surface area contributed by atoms with E-state index in [0.717, 1.165) is 10.8 Å². The first kappa shape index (κ1) is 17.0. The molecular weight excluding hydrogens is 354 g/mol. The van der Waals surface area contributed by atoms with Crippen LogP contribution in [-0.2, 0) is 6.54 Å². The van der Waals surface area contributed by atoms with Gasteiger partial charge in [0, 0.05) is 11.6 Å². The molecule has 0 fully saturated rings. The Morgan fingerprint density at radius 1 is 0.957 bits per heavy atom. The van der Waals surface area contributed by atoms with Crippen molar-refractivity contribution in [2.24, 2.45) is 0 Å². The van der Waals surface area contributed by atoms with E-state index in [1.165, 1.54) is 6.92 Å². The van der Waals surface area contributed by atoms with Crippen molar-refractivity contribution in [3.63, 3.8) is 0 Å². The summed E-state index contributed by atoms with van der Waals surface area (Å²) in [7, 11) is 0. The van der Waals surface area contributed by atoms with E-state index in [2.05, 4.69) is 0 Å². The van der Waals surface area contributed by atoms with Gasteiger partial charge in [-0.15, -0.1) is 17.0 Å². The predicted molar refractivity (Wildman–Crippen MR) is 95.2 cm³/mol. The van der Waals surface area contributed by atoms with Gasteiger partial charge in [0.1, 0.15) is 0 Å². The number of hydrogen-bond donors (Lipinski definition) is 0. The summed E-state index contributed by atoms with van der Waals surface area (Å²) in [4.78, 5) is 24.0. The van der Waals surface area contributed by atoms with Crippen LogP contribution in [0.25, 0.3) is 10.8 Å². The molecule has 0 aliphatic carbocycles. The van der Waals surface area contributed by atoms with Gasteiger partial charge in [0.25, 0.3) is 0 Å². The number of hydrogen-bond acceptors (Lipinski definition) is 2. The number of aromatic nitrogens is 1. The van der Waals surface area contributed by atoms with Crippen molar-refractivity contribution in [3.8, 4) is 0 Å². The highest BCUT2D eigenvalue weighted by Crippen LogP contribution is 2.18. The summed E-state index contributed by atoms with van der Waals surface area (Å²) in [5, 5.41) is 2.01. The smallest absolute Gasteiger partial charge is 0.228 e. The largest absolute Gasteiger partial charge is 0.294 e. The van der Waals surface area contributed by atoms with Crippen LogP contribution in [0.3, 0.4) is 0 Å². The molecule has 0 atom stereocenters. The Labute approximate surface area is 145 Å². The van der Waals surface area contributed by atoms with Gasteiger partial charge in [-0.2, -0.15) is 4.57 Å². The highest BCUT2D eigenvalue weighted by molar-refractivity contribution is 8.93.